The summed E-state index contributed by atoms with van der Waals surface area (Å²) in [6, 6.07) is 27.2. The summed E-state index contributed by atoms with van der Waals surface area (Å²) >= 11 is 0. The Morgan fingerprint density at radius 2 is 1.65 bits per heavy atom. The molecule has 0 radical (unpaired) electrons. The molecule has 0 aliphatic carbocycles. The number of nitrogens with zero attached hydrogens (tertiary/aromatic N) is 2. The fourth-order valence-corrected chi connectivity index (χ4v) is 5.06. The molecule has 1 aromatic heterocycles. The zero-order valence-corrected chi connectivity index (χ0v) is 24.3. The number of amides is 1. The number of hydrogen-bond acceptors (Lipinski definition) is 3. The van der Waals surface area contributed by atoms with Crippen LogP contribution in [0.25, 0.3) is 11.0 Å². The zero-order valence-electron chi connectivity index (χ0n) is 24.3. The van der Waals surface area contributed by atoms with Gasteiger partial charge in [-0.1, -0.05) is 74.9 Å². The monoisotopic (exact) mass is 539 g/mol. The second kappa shape index (κ2) is 15.9. The molecule has 3 aromatic carbocycles. The number of fused-ring (bicyclic) bond motifs is 1. The molecular weight excluding hydrogens is 494 g/mol. The van der Waals surface area contributed by atoms with E-state index in [0.717, 1.165) is 88.2 Å². The van der Waals surface area contributed by atoms with E-state index in [0.29, 0.717) is 12.3 Å². The van der Waals surface area contributed by atoms with Crippen molar-refractivity contribution >= 4 is 16.9 Å². The lowest BCUT2D eigenvalue weighted by atomic mass is 9.99. The van der Waals surface area contributed by atoms with E-state index < -0.39 is 0 Å². The van der Waals surface area contributed by atoms with Crippen LogP contribution in [0.4, 0.5) is 0 Å². The fourth-order valence-electron chi connectivity index (χ4n) is 5.06. The summed E-state index contributed by atoms with van der Waals surface area (Å²) in [5.41, 5.74) is 4.86. The summed E-state index contributed by atoms with van der Waals surface area (Å²) in [6.07, 6.45) is 8.63. The van der Waals surface area contributed by atoms with Crippen LogP contribution in [0.1, 0.15) is 81.7 Å². The van der Waals surface area contributed by atoms with E-state index in [2.05, 4.69) is 84.4 Å². The van der Waals surface area contributed by atoms with Crippen LogP contribution in [0, 0.1) is 0 Å². The number of hydrogen-bond donors (Lipinski definition) is 1. The Morgan fingerprint density at radius 3 is 2.45 bits per heavy atom. The Balaban J connectivity index is 1.16. The van der Waals surface area contributed by atoms with Crippen molar-refractivity contribution in [1.29, 1.82) is 0 Å². The van der Waals surface area contributed by atoms with Crippen molar-refractivity contribution in [3.8, 4) is 5.75 Å². The first-order valence-corrected chi connectivity index (χ1v) is 15.1. The first-order chi connectivity index (χ1) is 19.6. The zero-order chi connectivity index (χ0) is 28.0. The third-order valence-corrected chi connectivity index (χ3v) is 7.72. The van der Waals surface area contributed by atoms with Crippen LogP contribution in [0.15, 0.2) is 78.9 Å². The molecule has 212 valence electrons. The number of para-hydroxylation sites is 2. The first kappa shape index (κ1) is 29.4. The number of aryl methyl sites for hydroxylation is 3. The molecular formula is C35H45N3O2. The van der Waals surface area contributed by atoms with E-state index in [1.807, 2.05) is 18.2 Å². The summed E-state index contributed by atoms with van der Waals surface area (Å²) in [7, 11) is 0. The highest BCUT2D eigenvalue weighted by molar-refractivity contribution is 5.76. The summed E-state index contributed by atoms with van der Waals surface area (Å²) in [5.74, 6) is 2.84. The molecule has 0 aliphatic heterocycles. The molecule has 5 nitrogen and oxygen atoms in total. The number of benzene rings is 3. The van der Waals surface area contributed by atoms with Crippen molar-refractivity contribution in [2.45, 2.75) is 84.1 Å². The lowest BCUT2D eigenvalue weighted by Gasteiger charge is -2.12. The molecule has 4 aromatic rings. The third kappa shape index (κ3) is 8.97. The second-order valence-electron chi connectivity index (χ2n) is 10.7. The van der Waals surface area contributed by atoms with Crippen molar-refractivity contribution in [3.63, 3.8) is 0 Å². The number of aromatic nitrogens is 2. The first-order valence-electron chi connectivity index (χ1n) is 15.1. The fraction of sp³-hybridized carbons (Fsp3) is 0.429. The highest BCUT2D eigenvalue weighted by Gasteiger charge is 2.10. The molecule has 4 rings (SSSR count). The predicted molar refractivity (Wildman–Crippen MR) is 165 cm³/mol. The van der Waals surface area contributed by atoms with E-state index in [1.165, 1.54) is 16.6 Å². The van der Waals surface area contributed by atoms with E-state index >= 15 is 0 Å². The van der Waals surface area contributed by atoms with Gasteiger partial charge >= 0.3 is 0 Å². The summed E-state index contributed by atoms with van der Waals surface area (Å²) in [6.45, 7) is 6.90. The third-order valence-electron chi connectivity index (χ3n) is 7.72. The summed E-state index contributed by atoms with van der Waals surface area (Å²) < 4.78 is 8.40. The molecule has 0 aliphatic rings. The van der Waals surface area contributed by atoms with Gasteiger partial charge in [0.15, 0.2) is 0 Å². The van der Waals surface area contributed by atoms with E-state index in [-0.39, 0.29) is 5.91 Å². The van der Waals surface area contributed by atoms with Crippen LogP contribution >= 0.6 is 0 Å². The largest absolute Gasteiger partial charge is 0.494 e. The van der Waals surface area contributed by atoms with Crippen LogP contribution in [-0.2, 0) is 24.2 Å². The predicted octanol–water partition coefficient (Wildman–Crippen LogP) is 7.87. The number of carbonyl (C=O) groups is 1. The SMILES string of the molecule is CCC(C)c1ccc(OCCCCn2c(CCCCCNC(=O)CCc3ccccc3)nc3ccccc32)cc1. The van der Waals surface area contributed by atoms with E-state index in [1.54, 1.807) is 0 Å². The van der Waals surface area contributed by atoms with Crippen LogP contribution < -0.4 is 10.1 Å². The average molecular weight is 540 g/mol. The minimum absolute atomic E-state index is 0.137. The van der Waals surface area contributed by atoms with Crippen LogP contribution in [0.5, 0.6) is 5.75 Å². The number of imidazole rings is 1. The van der Waals surface area contributed by atoms with Crippen molar-refractivity contribution in [1.82, 2.24) is 14.9 Å². The summed E-state index contributed by atoms with van der Waals surface area (Å²) in [4.78, 5) is 17.1. The highest BCUT2D eigenvalue weighted by atomic mass is 16.5. The van der Waals surface area contributed by atoms with Crippen LogP contribution in [-0.4, -0.2) is 28.6 Å². The molecule has 1 heterocycles. The molecule has 1 amide bonds. The van der Waals surface area contributed by atoms with Gasteiger partial charge in [0.25, 0.3) is 0 Å². The summed E-state index contributed by atoms with van der Waals surface area (Å²) in [5, 5.41) is 3.07. The minimum atomic E-state index is 0.137. The number of ether oxygens (including phenoxy) is 1. The number of rotatable bonds is 17. The lowest BCUT2D eigenvalue weighted by molar-refractivity contribution is -0.121. The molecule has 1 unspecified atom stereocenters. The van der Waals surface area contributed by atoms with Gasteiger partial charge in [-0.25, -0.2) is 4.98 Å². The van der Waals surface area contributed by atoms with E-state index in [9.17, 15) is 4.79 Å². The number of unbranched alkanes of at least 4 members (excludes halogenated alkanes) is 3. The van der Waals surface area contributed by atoms with Gasteiger partial charge in [-0.05, 0) is 79.8 Å². The van der Waals surface area contributed by atoms with Crippen LogP contribution in [0.3, 0.4) is 0 Å². The van der Waals surface area contributed by atoms with Crippen molar-refractivity contribution in [3.05, 3.63) is 95.8 Å². The Hall–Kier alpha value is -3.60. The molecule has 1 atom stereocenters. The Labute approximate surface area is 240 Å². The maximum atomic E-state index is 12.2. The molecule has 1 N–H and O–H groups in total. The second-order valence-corrected chi connectivity index (χ2v) is 10.7. The quantitative estimate of drug-likeness (QED) is 0.139. The minimum Gasteiger partial charge on any atom is -0.494 e. The molecule has 0 saturated carbocycles. The molecule has 0 saturated heterocycles. The highest BCUT2D eigenvalue weighted by Crippen LogP contribution is 2.22. The average Bonchev–Trinajstić information content (AvgIpc) is 3.35. The van der Waals surface area contributed by atoms with Gasteiger partial charge in [0, 0.05) is 25.9 Å². The van der Waals surface area contributed by atoms with Gasteiger partial charge in [-0.2, -0.15) is 0 Å². The van der Waals surface area contributed by atoms with Gasteiger partial charge in [0.2, 0.25) is 5.91 Å². The number of carbonyl (C=O) groups excluding carboxylic acids is 1. The smallest absolute Gasteiger partial charge is 0.220 e. The van der Waals surface area contributed by atoms with Gasteiger partial charge in [-0.3, -0.25) is 4.79 Å². The molecule has 0 fully saturated rings. The molecule has 5 heteroatoms. The van der Waals surface area contributed by atoms with Crippen molar-refractivity contribution in [2.75, 3.05) is 13.2 Å². The Kier molecular flexibility index (Phi) is 11.6. The topological polar surface area (TPSA) is 56.1 Å². The van der Waals surface area contributed by atoms with Gasteiger partial charge < -0.3 is 14.6 Å². The molecule has 40 heavy (non-hydrogen) atoms. The van der Waals surface area contributed by atoms with E-state index in [4.69, 9.17) is 9.72 Å². The van der Waals surface area contributed by atoms with Crippen molar-refractivity contribution < 1.29 is 9.53 Å². The number of nitrogens with one attached hydrogen (secondary N) is 1. The lowest BCUT2D eigenvalue weighted by Crippen LogP contribution is -2.24. The maximum absolute atomic E-state index is 12.2. The Bertz CT molecular complexity index is 1300. The maximum Gasteiger partial charge on any atom is 0.220 e. The standard InChI is InChI=1S/C35H45N3O2/c1-3-28(2)30-20-22-31(23-21-30)40-27-13-12-26-38-33-17-10-9-16-32(33)37-34(38)18-8-5-11-25-36-35(39)24-19-29-14-6-4-7-15-29/h4,6-7,9-10,14-17,20-23,28H,3,5,8,11-13,18-19,24-27H2,1-2H3,(H,36,39). The normalized spacial score (nSPS) is 11.9. The van der Waals surface area contributed by atoms with Crippen LogP contribution in [0.2, 0.25) is 0 Å². The van der Waals surface area contributed by atoms with Gasteiger partial charge in [-0.15, -0.1) is 0 Å². The molecule has 0 bridgehead atoms. The Morgan fingerprint density at radius 1 is 0.875 bits per heavy atom. The van der Waals surface area contributed by atoms with Gasteiger partial charge in [0.05, 0.1) is 17.6 Å². The molecule has 0 spiro atoms. The van der Waals surface area contributed by atoms with Crippen molar-refractivity contribution in [2.24, 2.45) is 0 Å². The van der Waals surface area contributed by atoms with Gasteiger partial charge in [0.1, 0.15) is 11.6 Å².